The molecule has 0 atom stereocenters. The van der Waals surface area contributed by atoms with Gasteiger partial charge in [-0.15, -0.1) is 11.3 Å². The maximum absolute atomic E-state index is 12.2. The standard InChI is InChI=1S/C10H8BrClN2O4S3/c11-10-8(12)5-9(19-10)21(17,18)14-6-2-1-3-7(4-6)20(13,15)16/h1-5,14H,(H2,13,15,16). The molecule has 0 spiro atoms. The molecule has 1 heterocycles. The first-order valence-corrected chi connectivity index (χ1v) is 10.2. The lowest BCUT2D eigenvalue weighted by Crippen LogP contribution is -2.14. The fourth-order valence-electron chi connectivity index (χ4n) is 1.40. The zero-order chi connectivity index (χ0) is 15.8. The third-order valence-corrected chi connectivity index (χ3v) is 7.54. The molecule has 0 saturated heterocycles. The van der Waals surface area contributed by atoms with Crippen LogP contribution in [0.2, 0.25) is 5.02 Å². The summed E-state index contributed by atoms with van der Waals surface area (Å²) in [6, 6.07) is 6.50. The number of sulfonamides is 2. The molecule has 0 aliphatic carbocycles. The normalized spacial score (nSPS) is 12.3. The van der Waals surface area contributed by atoms with E-state index >= 15 is 0 Å². The van der Waals surface area contributed by atoms with Gasteiger partial charge in [-0.3, -0.25) is 4.72 Å². The Morgan fingerprint density at radius 3 is 2.38 bits per heavy atom. The molecule has 3 N–H and O–H groups in total. The molecule has 0 fully saturated rings. The van der Waals surface area contributed by atoms with Crippen LogP contribution in [0.5, 0.6) is 0 Å². The van der Waals surface area contributed by atoms with E-state index in [9.17, 15) is 16.8 Å². The van der Waals surface area contributed by atoms with Crippen LogP contribution in [-0.4, -0.2) is 16.8 Å². The lowest BCUT2D eigenvalue weighted by atomic mass is 10.3. The van der Waals surface area contributed by atoms with E-state index in [0.717, 1.165) is 17.4 Å². The van der Waals surface area contributed by atoms with Crippen molar-refractivity contribution in [2.45, 2.75) is 9.10 Å². The molecule has 114 valence electrons. The Morgan fingerprint density at radius 2 is 1.86 bits per heavy atom. The van der Waals surface area contributed by atoms with Gasteiger partial charge in [0.25, 0.3) is 10.0 Å². The maximum Gasteiger partial charge on any atom is 0.271 e. The number of nitrogens with one attached hydrogen (secondary N) is 1. The van der Waals surface area contributed by atoms with Crippen LogP contribution in [0.25, 0.3) is 0 Å². The fourth-order valence-corrected chi connectivity index (χ4v) is 5.41. The van der Waals surface area contributed by atoms with E-state index in [2.05, 4.69) is 20.7 Å². The molecule has 11 heteroatoms. The van der Waals surface area contributed by atoms with Crippen molar-refractivity contribution in [1.29, 1.82) is 0 Å². The minimum Gasteiger partial charge on any atom is -0.279 e. The molecule has 0 unspecified atom stereocenters. The highest BCUT2D eigenvalue weighted by molar-refractivity contribution is 9.11. The van der Waals surface area contributed by atoms with Gasteiger partial charge < -0.3 is 0 Å². The molecule has 0 radical (unpaired) electrons. The second kappa shape index (κ2) is 5.86. The average molecular weight is 432 g/mol. The quantitative estimate of drug-likeness (QED) is 0.776. The summed E-state index contributed by atoms with van der Waals surface area (Å²) in [5.41, 5.74) is 0.0853. The number of rotatable bonds is 4. The summed E-state index contributed by atoms with van der Waals surface area (Å²) in [6.07, 6.45) is 0. The van der Waals surface area contributed by atoms with Gasteiger partial charge in [0.15, 0.2) is 0 Å². The molecular formula is C10H8BrClN2O4S3. The first-order chi connectivity index (χ1) is 9.59. The summed E-state index contributed by atoms with van der Waals surface area (Å²) in [6.45, 7) is 0. The molecule has 2 aromatic rings. The van der Waals surface area contributed by atoms with Crippen molar-refractivity contribution in [3.05, 3.63) is 39.1 Å². The Balaban J connectivity index is 2.37. The zero-order valence-electron chi connectivity index (χ0n) is 10.1. The van der Waals surface area contributed by atoms with E-state index in [1.807, 2.05) is 0 Å². The summed E-state index contributed by atoms with van der Waals surface area (Å²) in [4.78, 5) is -0.187. The molecular weight excluding hydrogens is 424 g/mol. The maximum atomic E-state index is 12.2. The van der Waals surface area contributed by atoms with E-state index in [4.69, 9.17) is 16.7 Å². The Hall–Kier alpha value is -0.650. The second-order valence-corrected chi connectivity index (χ2v) is 10.1. The minimum absolute atomic E-state index is 0.000355. The first kappa shape index (κ1) is 16.7. The first-order valence-electron chi connectivity index (χ1n) is 5.20. The zero-order valence-corrected chi connectivity index (χ0v) is 14.9. The fraction of sp³-hybridized carbons (Fsp3) is 0. The average Bonchev–Trinajstić information content (AvgIpc) is 2.69. The highest BCUT2D eigenvalue weighted by Crippen LogP contribution is 2.35. The number of thiophene rings is 1. The van der Waals surface area contributed by atoms with Crippen LogP contribution >= 0.6 is 38.9 Å². The highest BCUT2D eigenvalue weighted by Gasteiger charge is 2.20. The van der Waals surface area contributed by atoms with E-state index < -0.39 is 20.0 Å². The monoisotopic (exact) mass is 430 g/mol. The minimum atomic E-state index is -3.91. The highest BCUT2D eigenvalue weighted by atomic mass is 79.9. The molecule has 1 aromatic carbocycles. The van der Waals surface area contributed by atoms with Gasteiger partial charge >= 0.3 is 0 Å². The Bertz CT molecular complexity index is 873. The van der Waals surface area contributed by atoms with Crippen molar-refractivity contribution in [2.75, 3.05) is 4.72 Å². The largest absolute Gasteiger partial charge is 0.279 e. The van der Waals surface area contributed by atoms with Crippen LogP contribution in [0.1, 0.15) is 0 Å². The van der Waals surface area contributed by atoms with Gasteiger partial charge in [-0.05, 0) is 40.2 Å². The second-order valence-electron chi connectivity index (χ2n) is 3.87. The van der Waals surface area contributed by atoms with Gasteiger partial charge in [0.05, 0.1) is 19.4 Å². The predicted molar refractivity (Wildman–Crippen MR) is 85.7 cm³/mol. The lowest BCUT2D eigenvalue weighted by Gasteiger charge is -2.07. The number of hydrogen-bond acceptors (Lipinski definition) is 5. The van der Waals surface area contributed by atoms with Gasteiger partial charge in [0.2, 0.25) is 10.0 Å². The van der Waals surface area contributed by atoms with Crippen LogP contribution in [0.4, 0.5) is 5.69 Å². The molecule has 0 saturated carbocycles. The van der Waals surface area contributed by atoms with Gasteiger partial charge in [-0.1, -0.05) is 17.7 Å². The summed E-state index contributed by atoms with van der Waals surface area (Å²) in [5.74, 6) is 0. The third-order valence-electron chi connectivity index (χ3n) is 2.30. The van der Waals surface area contributed by atoms with Crippen LogP contribution in [0.3, 0.4) is 0 Å². The van der Waals surface area contributed by atoms with Crippen molar-refractivity contribution in [3.63, 3.8) is 0 Å². The molecule has 2 rings (SSSR count). The number of benzene rings is 1. The number of anilines is 1. The van der Waals surface area contributed by atoms with Crippen LogP contribution < -0.4 is 9.86 Å². The van der Waals surface area contributed by atoms with Crippen molar-refractivity contribution in [1.82, 2.24) is 0 Å². The molecule has 0 aliphatic rings. The topological polar surface area (TPSA) is 106 Å². The molecule has 0 amide bonds. The van der Waals surface area contributed by atoms with Gasteiger partial charge in [0.1, 0.15) is 4.21 Å². The van der Waals surface area contributed by atoms with E-state index in [1.165, 1.54) is 24.3 Å². The van der Waals surface area contributed by atoms with Crippen LogP contribution in [0.15, 0.2) is 43.2 Å². The lowest BCUT2D eigenvalue weighted by molar-refractivity contribution is 0.596. The Morgan fingerprint density at radius 1 is 1.19 bits per heavy atom. The summed E-state index contributed by atoms with van der Waals surface area (Å²) in [5, 5.41) is 5.27. The number of hydrogen-bond donors (Lipinski definition) is 2. The van der Waals surface area contributed by atoms with E-state index in [-0.39, 0.29) is 19.8 Å². The van der Waals surface area contributed by atoms with Crippen molar-refractivity contribution in [3.8, 4) is 0 Å². The van der Waals surface area contributed by atoms with Gasteiger partial charge in [0, 0.05) is 0 Å². The smallest absolute Gasteiger partial charge is 0.271 e. The van der Waals surface area contributed by atoms with Crippen LogP contribution in [0, 0.1) is 0 Å². The van der Waals surface area contributed by atoms with Crippen molar-refractivity contribution in [2.24, 2.45) is 5.14 Å². The predicted octanol–water partition coefficient (Wildman–Crippen LogP) is 2.61. The number of nitrogens with two attached hydrogens (primary N) is 1. The molecule has 0 aliphatic heterocycles. The SMILES string of the molecule is NS(=O)(=O)c1cccc(NS(=O)(=O)c2cc(Cl)c(Br)s2)c1. The molecule has 21 heavy (non-hydrogen) atoms. The van der Waals surface area contributed by atoms with Gasteiger partial charge in [-0.25, -0.2) is 22.0 Å². The summed E-state index contributed by atoms with van der Waals surface area (Å²) in [7, 11) is -7.77. The third kappa shape index (κ3) is 3.96. The Kier molecular flexibility index (Phi) is 4.66. The van der Waals surface area contributed by atoms with E-state index in [0.29, 0.717) is 3.79 Å². The van der Waals surface area contributed by atoms with Crippen molar-refractivity contribution >= 4 is 64.6 Å². The van der Waals surface area contributed by atoms with Crippen LogP contribution in [-0.2, 0) is 20.0 Å². The number of halogens is 2. The summed E-state index contributed by atoms with van der Waals surface area (Å²) < 4.78 is 49.6. The van der Waals surface area contributed by atoms with Crippen molar-refractivity contribution < 1.29 is 16.8 Å². The number of primary sulfonamides is 1. The summed E-state index contributed by atoms with van der Waals surface area (Å²) >= 11 is 9.87. The van der Waals surface area contributed by atoms with E-state index in [1.54, 1.807) is 0 Å². The molecule has 0 bridgehead atoms. The molecule has 6 nitrogen and oxygen atoms in total. The Labute approximate surface area is 139 Å². The molecule has 1 aromatic heterocycles. The van der Waals surface area contributed by atoms with Gasteiger partial charge in [-0.2, -0.15) is 0 Å².